The van der Waals surface area contributed by atoms with Gasteiger partial charge in [0.2, 0.25) is 0 Å². The van der Waals surface area contributed by atoms with Crippen LogP contribution in [0.15, 0.2) is 23.1 Å². The molecule has 0 aliphatic carbocycles. The minimum Gasteiger partial charge on any atom is -0.406 e. The van der Waals surface area contributed by atoms with E-state index in [-0.39, 0.29) is 5.56 Å². The van der Waals surface area contributed by atoms with Gasteiger partial charge in [0.1, 0.15) is 11.5 Å². The number of halogens is 7. The molecule has 1 aromatic rings. The number of benzene rings is 1. The number of ketones is 1. The summed E-state index contributed by atoms with van der Waals surface area (Å²) in [6.45, 7) is 1.15. The summed E-state index contributed by atoms with van der Waals surface area (Å²) in [5, 5.41) is 0. The van der Waals surface area contributed by atoms with Crippen LogP contribution in [0, 0.1) is 0 Å². The number of carbonyl (C=O) groups is 1. The predicted octanol–water partition coefficient (Wildman–Crippen LogP) is 5.22. The van der Waals surface area contributed by atoms with Crippen molar-refractivity contribution >= 4 is 33.5 Å². The summed E-state index contributed by atoms with van der Waals surface area (Å²) >= 11 is 2.31. The van der Waals surface area contributed by atoms with Gasteiger partial charge in [-0.15, -0.1) is 13.2 Å². The Morgan fingerprint density at radius 2 is 1.76 bits per heavy atom. The zero-order valence-electron chi connectivity index (χ0n) is 10.2. The second-order valence-electron chi connectivity index (χ2n) is 3.81. The average molecular weight is 397 g/mol. The van der Waals surface area contributed by atoms with E-state index in [2.05, 4.69) is 20.7 Å². The minimum atomic E-state index is -5.04. The van der Waals surface area contributed by atoms with Crippen LogP contribution >= 0.6 is 27.7 Å². The highest BCUT2D eigenvalue weighted by atomic mass is 79.9. The molecule has 21 heavy (non-hydrogen) atoms. The van der Waals surface area contributed by atoms with Crippen LogP contribution in [0.5, 0.6) is 5.75 Å². The number of thioether (sulfide) groups is 1. The van der Waals surface area contributed by atoms with Crippen molar-refractivity contribution in [3.63, 3.8) is 0 Å². The molecule has 0 spiro atoms. The maximum atomic E-state index is 12.3. The van der Waals surface area contributed by atoms with Crippen molar-refractivity contribution in [3.05, 3.63) is 23.8 Å². The highest BCUT2D eigenvalue weighted by Crippen LogP contribution is 2.41. The lowest BCUT2D eigenvalue weighted by Gasteiger charge is -2.15. The lowest BCUT2D eigenvalue weighted by Crippen LogP contribution is -2.17. The SMILES string of the molecule is CC(=O)C(Br)c1cc(OC(F)(F)F)cc(SC(F)(F)F)c1. The third kappa shape index (κ3) is 6.60. The molecule has 1 rings (SSSR count). The number of Topliss-reactive ketones (excluding diaryl/α,β-unsaturated/α-hetero) is 1. The molecule has 0 fully saturated rings. The molecule has 0 amide bonds. The van der Waals surface area contributed by atoms with Crippen molar-refractivity contribution in [2.24, 2.45) is 0 Å². The van der Waals surface area contributed by atoms with Crippen LogP contribution in [-0.4, -0.2) is 17.7 Å². The highest BCUT2D eigenvalue weighted by Gasteiger charge is 2.33. The number of hydrogen-bond donors (Lipinski definition) is 0. The topological polar surface area (TPSA) is 26.3 Å². The average Bonchev–Trinajstić information content (AvgIpc) is 2.22. The second kappa shape index (κ2) is 6.47. The normalized spacial score (nSPS) is 13.9. The molecule has 0 saturated carbocycles. The van der Waals surface area contributed by atoms with Gasteiger partial charge >= 0.3 is 11.9 Å². The summed E-state index contributed by atoms with van der Waals surface area (Å²) < 4.78 is 77.1. The zero-order valence-corrected chi connectivity index (χ0v) is 12.6. The summed E-state index contributed by atoms with van der Waals surface area (Å²) in [4.78, 5) is 9.66. The highest BCUT2D eigenvalue weighted by molar-refractivity contribution is 9.09. The molecule has 0 saturated heterocycles. The van der Waals surface area contributed by atoms with Gasteiger partial charge in [0.25, 0.3) is 0 Å². The Morgan fingerprint density at radius 1 is 1.19 bits per heavy atom. The first-order valence-electron chi connectivity index (χ1n) is 5.18. The van der Waals surface area contributed by atoms with Gasteiger partial charge in [0.15, 0.2) is 0 Å². The first kappa shape index (κ1) is 18.1. The van der Waals surface area contributed by atoms with Crippen molar-refractivity contribution in [3.8, 4) is 5.75 Å². The number of alkyl halides is 7. The third-order valence-corrected chi connectivity index (χ3v) is 3.90. The molecule has 1 atom stereocenters. The second-order valence-corrected chi connectivity index (χ2v) is 5.86. The summed E-state index contributed by atoms with van der Waals surface area (Å²) in [5.74, 6) is -1.29. The van der Waals surface area contributed by atoms with E-state index in [0.29, 0.717) is 6.07 Å². The maximum absolute atomic E-state index is 12.3. The number of rotatable bonds is 4. The molecule has 0 heterocycles. The minimum absolute atomic E-state index is 0.0593. The van der Waals surface area contributed by atoms with Gasteiger partial charge in [0, 0.05) is 4.90 Å². The lowest BCUT2D eigenvalue weighted by atomic mass is 10.1. The van der Waals surface area contributed by atoms with E-state index in [4.69, 9.17) is 0 Å². The van der Waals surface area contributed by atoms with Crippen molar-refractivity contribution < 1.29 is 35.9 Å². The summed E-state index contributed by atoms with van der Waals surface area (Å²) in [6, 6.07) is 2.44. The molecular formula is C11H7BrF6O2S. The molecule has 0 radical (unpaired) electrons. The van der Waals surface area contributed by atoms with E-state index in [0.717, 1.165) is 19.1 Å². The van der Waals surface area contributed by atoms with Crippen molar-refractivity contribution in [1.29, 1.82) is 0 Å². The molecule has 0 aliphatic heterocycles. The van der Waals surface area contributed by atoms with Crippen LogP contribution in [0.25, 0.3) is 0 Å². The Labute approximate surface area is 128 Å². The Hall–Kier alpha value is -0.900. The molecule has 10 heteroatoms. The number of hydrogen-bond acceptors (Lipinski definition) is 3. The lowest BCUT2D eigenvalue weighted by molar-refractivity contribution is -0.274. The monoisotopic (exact) mass is 396 g/mol. The fourth-order valence-electron chi connectivity index (χ4n) is 1.36. The molecule has 0 bridgehead atoms. The molecule has 0 N–H and O–H groups in total. The Morgan fingerprint density at radius 3 is 2.19 bits per heavy atom. The first-order valence-corrected chi connectivity index (χ1v) is 6.91. The Bertz CT molecular complexity index is 494. The zero-order chi connectivity index (χ0) is 16.4. The van der Waals surface area contributed by atoms with Gasteiger partial charge < -0.3 is 4.74 Å². The summed E-state index contributed by atoms with van der Waals surface area (Å²) in [7, 11) is 0. The Kier molecular flexibility index (Phi) is 5.59. The molecule has 1 unspecified atom stereocenters. The van der Waals surface area contributed by atoms with E-state index in [1.54, 1.807) is 0 Å². The maximum Gasteiger partial charge on any atom is 0.573 e. The molecular weight excluding hydrogens is 390 g/mol. The predicted molar refractivity (Wildman–Crippen MR) is 67.4 cm³/mol. The Balaban J connectivity index is 3.22. The van der Waals surface area contributed by atoms with Gasteiger partial charge in [-0.3, -0.25) is 4.79 Å². The molecule has 118 valence electrons. The van der Waals surface area contributed by atoms with E-state index in [1.165, 1.54) is 0 Å². The van der Waals surface area contributed by atoms with Gasteiger partial charge in [-0.05, 0) is 42.4 Å². The fourth-order valence-corrected chi connectivity index (χ4v) is 2.26. The third-order valence-electron chi connectivity index (χ3n) is 2.02. The quantitative estimate of drug-likeness (QED) is 0.396. The smallest absolute Gasteiger partial charge is 0.406 e. The van der Waals surface area contributed by atoms with Crippen LogP contribution in [0.1, 0.15) is 17.3 Å². The number of ether oxygens (including phenoxy) is 1. The van der Waals surface area contributed by atoms with Gasteiger partial charge in [-0.25, -0.2) is 0 Å². The van der Waals surface area contributed by atoms with E-state index < -0.39 is 44.9 Å². The fraction of sp³-hybridized carbons (Fsp3) is 0.364. The first-order chi connectivity index (χ1) is 9.37. The summed E-state index contributed by atoms with van der Waals surface area (Å²) in [5.41, 5.74) is -4.73. The van der Waals surface area contributed by atoms with Crippen molar-refractivity contribution in [2.75, 3.05) is 0 Å². The molecule has 0 aliphatic rings. The van der Waals surface area contributed by atoms with Crippen LogP contribution in [-0.2, 0) is 4.79 Å². The van der Waals surface area contributed by atoms with Gasteiger partial charge in [0.05, 0.1) is 4.83 Å². The van der Waals surface area contributed by atoms with Crippen molar-refractivity contribution in [1.82, 2.24) is 0 Å². The van der Waals surface area contributed by atoms with Gasteiger partial charge in [-0.1, -0.05) is 15.9 Å². The molecule has 1 aromatic carbocycles. The van der Waals surface area contributed by atoms with Crippen LogP contribution in [0.2, 0.25) is 0 Å². The largest absolute Gasteiger partial charge is 0.573 e. The number of carbonyl (C=O) groups excluding carboxylic acids is 1. The van der Waals surface area contributed by atoms with Crippen LogP contribution < -0.4 is 4.74 Å². The van der Waals surface area contributed by atoms with E-state index in [1.807, 2.05) is 0 Å². The molecule has 2 nitrogen and oxygen atoms in total. The summed E-state index contributed by atoms with van der Waals surface area (Å²) in [6.07, 6.45) is -5.04. The van der Waals surface area contributed by atoms with Gasteiger partial charge in [-0.2, -0.15) is 13.2 Å². The van der Waals surface area contributed by atoms with Crippen LogP contribution in [0.4, 0.5) is 26.3 Å². The van der Waals surface area contributed by atoms with E-state index in [9.17, 15) is 31.1 Å². The van der Waals surface area contributed by atoms with Crippen molar-refractivity contribution in [2.45, 2.75) is 28.5 Å². The standard InChI is InChI=1S/C11H7BrF6O2S/c1-5(19)9(12)6-2-7(20-10(13,14)15)4-8(3-6)21-11(16,17)18/h2-4,9H,1H3. The van der Waals surface area contributed by atoms with E-state index >= 15 is 0 Å². The molecule has 0 aromatic heterocycles. The van der Waals surface area contributed by atoms with Crippen LogP contribution in [0.3, 0.4) is 0 Å².